The molecule has 0 aliphatic carbocycles. The molecule has 4 nitrogen and oxygen atoms in total. The maximum absolute atomic E-state index is 12.3. The van der Waals surface area contributed by atoms with Gasteiger partial charge >= 0.3 is 0 Å². The summed E-state index contributed by atoms with van der Waals surface area (Å²) in [6, 6.07) is 9.65. The van der Waals surface area contributed by atoms with Crippen molar-refractivity contribution in [1.82, 2.24) is 4.90 Å². The summed E-state index contributed by atoms with van der Waals surface area (Å²) in [7, 11) is 0. The maximum atomic E-state index is 12.3. The molecule has 1 fully saturated rings. The fourth-order valence-corrected chi connectivity index (χ4v) is 2.44. The molecule has 0 atom stereocenters. The molecule has 1 aliphatic rings. The minimum absolute atomic E-state index is 0.00538. The van der Waals surface area contributed by atoms with Gasteiger partial charge in [0.2, 0.25) is 11.8 Å². The van der Waals surface area contributed by atoms with Gasteiger partial charge in [-0.25, -0.2) is 0 Å². The van der Waals surface area contributed by atoms with Crippen LogP contribution < -0.4 is 4.90 Å². The number of anilines is 1. The van der Waals surface area contributed by atoms with Crippen LogP contribution in [0, 0.1) is 5.92 Å². The predicted octanol–water partition coefficient (Wildman–Crippen LogP) is 2.30. The van der Waals surface area contributed by atoms with Gasteiger partial charge in [-0.05, 0) is 24.5 Å². The molecule has 20 heavy (non-hydrogen) atoms. The minimum Gasteiger partial charge on any atom is -0.333 e. The number of rotatable bonds is 3. The second kappa shape index (κ2) is 6.55. The fraction of sp³-hybridized carbons (Fsp3) is 0.500. The van der Waals surface area contributed by atoms with Crippen molar-refractivity contribution in [3.63, 3.8) is 0 Å². The van der Waals surface area contributed by atoms with Crippen LogP contribution in [0.1, 0.15) is 26.7 Å². The van der Waals surface area contributed by atoms with E-state index in [2.05, 4.69) is 0 Å². The van der Waals surface area contributed by atoms with Crippen molar-refractivity contribution in [1.29, 1.82) is 0 Å². The molecule has 108 valence electrons. The number of carbonyl (C=O) groups excluding carboxylic acids is 2. The summed E-state index contributed by atoms with van der Waals surface area (Å²) in [5.41, 5.74) is 0.913. The van der Waals surface area contributed by atoms with Crippen LogP contribution in [0.25, 0.3) is 0 Å². The summed E-state index contributed by atoms with van der Waals surface area (Å²) in [4.78, 5) is 27.9. The van der Waals surface area contributed by atoms with Crippen LogP contribution in [0.5, 0.6) is 0 Å². The number of para-hydroxylation sites is 1. The van der Waals surface area contributed by atoms with Gasteiger partial charge in [0.05, 0.1) is 0 Å². The van der Waals surface area contributed by atoms with E-state index in [0.717, 1.165) is 12.1 Å². The van der Waals surface area contributed by atoms with Crippen molar-refractivity contribution >= 4 is 17.5 Å². The number of hydrogen-bond donors (Lipinski definition) is 0. The Kier molecular flexibility index (Phi) is 4.77. The Morgan fingerprint density at radius 3 is 2.55 bits per heavy atom. The molecular weight excluding hydrogens is 252 g/mol. The van der Waals surface area contributed by atoms with Gasteiger partial charge in [-0.2, -0.15) is 0 Å². The van der Waals surface area contributed by atoms with Gasteiger partial charge in [-0.3, -0.25) is 9.59 Å². The first-order valence-corrected chi connectivity index (χ1v) is 7.21. The molecule has 0 radical (unpaired) electrons. The Morgan fingerprint density at radius 2 is 1.90 bits per heavy atom. The average Bonchev–Trinajstić information content (AvgIpc) is 2.61. The van der Waals surface area contributed by atoms with E-state index in [-0.39, 0.29) is 18.4 Å². The summed E-state index contributed by atoms with van der Waals surface area (Å²) in [5, 5.41) is 0. The van der Waals surface area contributed by atoms with E-state index in [0.29, 0.717) is 25.4 Å². The Hall–Kier alpha value is -1.84. The SMILES string of the molecule is CC(C)CC(=O)N1CCCN(c2ccccc2)C(=O)C1. The van der Waals surface area contributed by atoms with E-state index in [1.54, 1.807) is 9.80 Å². The summed E-state index contributed by atoms with van der Waals surface area (Å²) in [6.07, 6.45) is 1.34. The van der Waals surface area contributed by atoms with Crippen LogP contribution in [-0.4, -0.2) is 36.3 Å². The second-order valence-electron chi connectivity index (χ2n) is 5.65. The van der Waals surface area contributed by atoms with Crippen LogP contribution in [0.3, 0.4) is 0 Å². The van der Waals surface area contributed by atoms with Gasteiger partial charge in [0, 0.05) is 25.2 Å². The van der Waals surface area contributed by atoms with E-state index in [9.17, 15) is 9.59 Å². The third-order valence-corrected chi connectivity index (χ3v) is 3.44. The Bertz CT molecular complexity index is 471. The monoisotopic (exact) mass is 274 g/mol. The van der Waals surface area contributed by atoms with Crippen molar-refractivity contribution in [3.05, 3.63) is 30.3 Å². The van der Waals surface area contributed by atoms with Crippen LogP contribution in [0.15, 0.2) is 30.3 Å². The number of nitrogens with zero attached hydrogens (tertiary/aromatic N) is 2. The number of benzene rings is 1. The highest BCUT2D eigenvalue weighted by Gasteiger charge is 2.25. The summed E-state index contributed by atoms with van der Waals surface area (Å²) >= 11 is 0. The summed E-state index contributed by atoms with van der Waals surface area (Å²) in [6.45, 7) is 5.58. The van der Waals surface area contributed by atoms with Gasteiger partial charge in [-0.1, -0.05) is 32.0 Å². The van der Waals surface area contributed by atoms with E-state index < -0.39 is 0 Å². The van der Waals surface area contributed by atoms with Crippen molar-refractivity contribution in [2.45, 2.75) is 26.7 Å². The smallest absolute Gasteiger partial charge is 0.246 e. The lowest BCUT2D eigenvalue weighted by atomic mass is 10.1. The Morgan fingerprint density at radius 1 is 1.20 bits per heavy atom. The maximum Gasteiger partial charge on any atom is 0.246 e. The van der Waals surface area contributed by atoms with E-state index >= 15 is 0 Å². The van der Waals surface area contributed by atoms with Gasteiger partial charge in [0.15, 0.2) is 0 Å². The molecule has 1 heterocycles. The zero-order valence-corrected chi connectivity index (χ0v) is 12.2. The zero-order chi connectivity index (χ0) is 14.5. The van der Waals surface area contributed by atoms with Gasteiger partial charge in [-0.15, -0.1) is 0 Å². The van der Waals surface area contributed by atoms with Crippen LogP contribution in [-0.2, 0) is 9.59 Å². The first kappa shape index (κ1) is 14.6. The van der Waals surface area contributed by atoms with E-state index in [4.69, 9.17) is 0 Å². The van der Waals surface area contributed by atoms with Crippen molar-refractivity contribution in [2.24, 2.45) is 5.92 Å². The molecule has 1 aromatic rings. The number of carbonyl (C=O) groups is 2. The Labute approximate surface area is 120 Å². The van der Waals surface area contributed by atoms with Crippen LogP contribution >= 0.6 is 0 Å². The highest BCUT2D eigenvalue weighted by atomic mass is 16.2. The zero-order valence-electron chi connectivity index (χ0n) is 12.2. The summed E-state index contributed by atoms with van der Waals surface area (Å²) in [5.74, 6) is 0.417. The average molecular weight is 274 g/mol. The van der Waals surface area contributed by atoms with Crippen LogP contribution in [0.2, 0.25) is 0 Å². The van der Waals surface area contributed by atoms with Crippen molar-refractivity contribution in [2.75, 3.05) is 24.5 Å². The lowest BCUT2D eigenvalue weighted by Gasteiger charge is -2.22. The highest BCUT2D eigenvalue weighted by Crippen LogP contribution is 2.17. The largest absolute Gasteiger partial charge is 0.333 e. The highest BCUT2D eigenvalue weighted by molar-refractivity contribution is 5.97. The second-order valence-corrected chi connectivity index (χ2v) is 5.65. The van der Waals surface area contributed by atoms with Crippen molar-refractivity contribution in [3.8, 4) is 0 Å². The molecular formula is C16H22N2O2. The molecule has 0 unspecified atom stereocenters. The third-order valence-electron chi connectivity index (χ3n) is 3.44. The first-order chi connectivity index (χ1) is 9.58. The first-order valence-electron chi connectivity index (χ1n) is 7.21. The molecule has 1 aliphatic heterocycles. The minimum atomic E-state index is 0.00538. The topological polar surface area (TPSA) is 40.6 Å². The van der Waals surface area contributed by atoms with Gasteiger partial charge < -0.3 is 9.80 Å². The number of hydrogen-bond acceptors (Lipinski definition) is 2. The Balaban J connectivity index is 2.06. The van der Waals surface area contributed by atoms with E-state index in [1.165, 1.54) is 0 Å². The molecule has 2 rings (SSSR count). The predicted molar refractivity (Wildman–Crippen MR) is 79.4 cm³/mol. The quantitative estimate of drug-likeness (QED) is 0.848. The van der Waals surface area contributed by atoms with Crippen LogP contribution in [0.4, 0.5) is 5.69 Å². The molecule has 1 saturated heterocycles. The fourth-order valence-electron chi connectivity index (χ4n) is 2.44. The summed E-state index contributed by atoms with van der Waals surface area (Å²) < 4.78 is 0. The van der Waals surface area contributed by atoms with Crippen molar-refractivity contribution < 1.29 is 9.59 Å². The normalized spacial score (nSPS) is 16.4. The lowest BCUT2D eigenvalue weighted by molar-refractivity contribution is -0.135. The molecule has 0 saturated carbocycles. The lowest BCUT2D eigenvalue weighted by Crippen LogP contribution is -2.39. The van der Waals surface area contributed by atoms with Gasteiger partial charge in [0.1, 0.15) is 6.54 Å². The molecule has 4 heteroatoms. The number of amides is 2. The molecule has 0 aromatic heterocycles. The standard InChI is InChI=1S/C16H22N2O2/c1-13(2)11-15(19)17-9-6-10-18(16(20)12-17)14-7-4-3-5-8-14/h3-5,7-8,13H,6,9-12H2,1-2H3. The molecule has 2 amide bonds. The van der Waals surface area contributed by atoms with E-state index in [1.807, 2.05) is 44.2 Å². The molecule has 0 bridgehead atoms. The molecule has 1 aromatic carbocycles. The van der Waals surface area contributed by atoms with Gasteiger partial charge in [0.25, 0.3) is 0 Å². The molecule has 0 spiro atoms. The molecule has 0 N–H and O–H groups in total. The third kappa shape index (κ3) is 3.59.